The molecule has 3 rings (SSSR count). The summed E-state index contributed by atoms with van der Waals surface area (Å²) in [5, 5.41) is 9.67. The van der Waals surface area contributed by atoms with Crippen LogP contribution in [-0.2, 0) is 4.79 Å². The number of carbonyl (C=O) groups is 1. The molecule has 150 valence electrons. The van der Waals surface area contributed by atoms with E-state index in [9.17, 15) is 4.79 Å². The standard InChI is InChI=1S/C20H27N5O3/c1-3-27-16-10-8-15(14-17(16)28-4-2)9-11-18(26)21-19-22-20(24-23-19)25-12-6-5-7-13-25/h8-11,14H,3-7,12-13H2,1-2H3,(H2,21,22,23,24,26)/b11-9+. The van der Waals surface area contributed by atoms with E-state index >= 15 is 0 Å². The predicted molar refractivity (Wildman–Crippen MR) is 109 cm³/mol. The third-order valence-electron chi connectivity index (χ3n) is 4.35. The molecule has 2 aromatic rings. The second kappa shape index (κ2) is 9.77. The number of anilines is 2. The zero-order chi connectivity index (χ0) is 19.8. The first-order valence-electron chi connectivity index (χ1n) is 9.75. The maximum Gasteiger partial charge on any atom is 0.250 e. The smallest absolute Gasteiger partial charge is 0.250 e. The Hall–Kier alpha value is -3.03. The van der Waals surface area contributed by atoms with Crippen molar-refractivity contribution in [3.63, 3.8) is 0 Å². The van der Waals surface area contributed by atoms with Gasteiger partial charge in [-0.2, -0.15) is 4.98 Å². The van der Waals surface area contributed by atoms with Gasteiger partial charge in [-0.15, -0.1) is 5.10 Å². The summed E-state index contributed by atoms with van der Waals surface area (Å²) in [5.74, 6) is 2.04. The van der Waals surface area contributed by atoms with Crippen LogP contribution >= 0.6 is 0 Å². The van der Waals surface area contributed by atoms with Crippen molar-refractivity contribution in [3.05, 3.63) is 29.8 Å². The van der Waals surface area contributed by atoms with Crippen LogP contribution in [0.25, 0.3) is 6.08 Å². The minimum Gasteiger partial charge on any atom is -0.490 e. The first kappa shape index (κ1) is 19.7. The monoisotopic (exact) mass is 385 g/mol. The van der Waals surface area contributed by atoms with E-state index in [4.69, 9.17) is 9.47 Å². The number of amides is 1. The van der Waals surface area contributed by atoms with Crippen LogP contribution in [0.3, 0.4) is 0 Å². The highest BCUT2D eigenvalue weighted by atomic mass is 16.5. The van der Waals surface area contributed by atoms with E-state index in [1.807, 2.05) is 32.0 Å². The van der Waals surface area contributed by atoms with Crippen molar-refractivity contribution in [2.45, 2.75) is 33.1 Å². The van der Waals surface area contributed by atoms with Gasteiger partial charge in [-0.25, -0.2) is 5.10 Å². The molecule has 1 aliphatic heterocycles. The summed E-state index contributed by atoms with van der Waals surface area (Å²) in [7, 11) is 0. The number of nitrogens with zero attached hydrogens (tertiary/aromatic N) is 3. The Morgan fingerprint density at radius 2 is 1.93 bits per heavy atom. The van der Waals surface area contributed by atoms with Crippen LogP contribution in [0.15, 0.2) is 24.3 Å². The topological polar surface area (TPSA) is 92.4 Å². The van der Waals surface area contributed by atoms with Crippen molar-refractivity contribution in [3.8, 4) is 11.5 Å². The third kappa shape index (κ3) is 5.25. The van der Waals surface area contributed by atoms with Gasteiger partial charge < -0.3 is 14.4 Å². The molecular formula is C20H27N5O3. The van der Waals surface area contributed by atoms with Crippen LogP contribution in [0.2, 0.25) is 0 Å². The van der Waals surface area contributed by atoms with Crippen LogP contribution in [0.1, 0.15) is 38.7 Å². The van der Waals surface area contributed by atoms with Crippen LogP contribution in [0.4, 0.5) is 11.9 Å². The predicted octanol–water partition coefficient (Wildman–Crippen LogP) is 3.24. The number of aromatic amines is 1. The van der Waals surface area contributed by atoms with Crippen molar-refractivity contribution in [1.82, 2.24) is 15.2 Å². The first-order valence-corrected chi connectivity index (χ1v) is 9.75. The van der Waals surface area contributed by atoms with Gasteiger partial charge >= 0.3 is 0 Å². The van der Waals surface area contributed by atoms with Crippen molar-refractivity contribution in [1.29, 1.82) is 0 Å². The summed E-state index contributed by atoms with van der Waals surface area (Å²) in [5.41, 5.74) is 0.841. The van der Waals surface area contributed by atoms with Gasteiger partial charge in [0.05, 0.1) is 13.2 Å². The Morgan fingerprint density at radius 3 is 2.68 bits per heavy atom. The van der Waals surface area contributed by atoms with E-state index in [1.54, 1.807) is 6.08 Å². The van der Waals surface area contributed by atoms with Gasteiger partial charge in [0, 0.05) is 19.2 Å². The summed E-state index contributed by atoms with van der Waals surface area (Å²) in [6.07, 6.45) is 6.70. The summed E-state index contributed by atoms with van der Waals surface area (Å²) < 4.78 is 11.2. The van der Waals surface area contributed by atoms with Crippen molar-refractivity contribution >= 4 is 23.9 Å². The molecule has 0 aliphatic carbocycles. The molecule has 0 unspecified atom stereocenters. The molecule has 8 heteroatoms. The number of piperidine rings is 1. The van der Waals surface area contributed by atoms with Crippen molar-refractivity contribution in [2.75, 3.05) is 36.5 Å². The fraction of sp³-hybridized carbons (Fsp3) is 0.450. The van der Waals surface area contributed by atoms with Crippen molar-refractivity contribution < 1.29 is 14.3 Å². The molecule has 1 aliphatic rings. The molecule has 2 N–H and O–H groups in total. The Bertz CT molecular complexity index is 812. The van der Waals surface area contributed by atoms with Gasteiger partial charge in [0.15, 0.2) is 11.5 Å². The minimum absolute atomic E-state index is 0.284. The zero-order valence-electron chi connectivity index (χ0n) is 16.4. The lowest BCUT2D eigenvalue weighted by atomic mass is 10.1. The van der Waals surface area contributed by atoms with E-state index in [0.717, 1.165) is 31.5 Å². The first-order chi connectivity index (χ1) is 13.7. The maximum atomic E-state index is 12.2. The van der Waals surface area contributed by atoms with Gasteiger partial charge in [0.2, 0.25) is 11.9 Å². The highest BCUT2D eigenvalue weighted by Crippen LogP contribution is 2.29. The number of aromatic nitrogens is 3. The highest BCUT2D eigenvalue weighted by Gasteiger charge is 2.15. The molecule has 0 saturated carbocycles. The van der Waals surface area contributed by atoms with Gasteiger partial charge in [-0.05, 0) is 56.9 Å². The number of hydrogen-bond donors (Lipinski definition) is 2. The molecule has 1 saturated heterocycles. The fourth-order valence-electron chi connectivity index (χ4n) is 3.05. The maximum absolute atomic E-state index is 12.2. The van der Waals surface area contributed by atoms with Crippen LogP contribution in [-0.4, -0.2) is 47.4 Å². The number of hydrogen-bond acceptors (Lipinski definition) is 6. The second-order valence-corrected chi connectivity index (χ2v) is 6.43. The van der Waals surface area contributed by atoms with E-state index in [1.165, 1.54) is 12.5 Å². The van der Waals surface area contributed by atoms with E-state index in [0.29, 0.717) is 36.6 Å². The van der Waals surface area contributed by atoms with E-state index in [2.05, 4.69) is 25.4 Å². The van der Waals surface area contributed by atoms with Crippen molar-refractivity contribution in [2.24, 2.45) is 0 Å². The largest absolute Gasteiger partial charge is 0.490 e. The molecule has 28 heavy (non-hydrogen) atoms. The Morgan fingerprint density at radius 1 is 1.18 bits per heavy atom. The van der Waals surface area contributed by atoms with Gasteiger partial charge in [0.25, 0.3) is 5.91 Å². The number of rotatable bonds is 8. The average molecular weight is 385 g/mol. The van der Waals surface area contributed by atoms with Crippen LogP contribution in [0.5, 0.6) is 11.5 Å². The molecule has 2 heterocycles. The lowest BCUT2D eigenvalue weighted by Crippen LogP contribution is -2.30. The SMILES string of the molecule is CCOc1ccc(/C=C/C(=O)Nc2nc(N3CCCCC3)n[nH]2)cc1OCC. The molecule has 1 fully saturated rings. The minimum atomic E-state index is -0.284. The van der Waals surface area contributed by atoms with E-state index in [-0.39, 0.29) is 5.91 Å². The molecule has 0 bridgehead atoms. The molecule has 0 atom stereocenters. The van der Waals surface area contributed by atoms with E-state index < -0.39 is 0 Å². The third-order valence-corrected chi connectivity index (χ3v) is 4.35. The second-order valence-electron chi connectivity index (χ2n) is 6.43. The summed E-state index contributed by atoms with van der Waals surface area (Å²) in [4.78, 5) is 18.7. The lowest BCUT2D eigenvalue weighted by Gasteiger charge is -2.24. The molecule has 1 aromatic carbocycles. The Kier molecular flexibility index (Phi) is 6.89. The number of nitrogens with one attached hydrogen (secondary N) is 2. The summed E-state index contributed by atoms with van der Waals surface area (Å²) in [6, 6.07) is 5.56. The fourth-order valence-corrected chi connectivity index (χ4v) is 3.05. The lowest BCUT2D eigenvalue weighted by molar-refractivity contribution is -0.111. The van der Waals surface area contributed by atoms with Crippen LogP contribution < -0.4 is 19.7 Å². The average Bonchev–Trinajstić information content (AvgIpc) is 3.17. The highest BCUT2D eigenvalue weighted by molar-refractivity contribution is 6.01. The van der Waals surface area contributed by atoms with Gasteiger partial charge in [-0.1, -0.05) is 6.07 Å². The molecule has 1 amide bonds. The summed E-state index contributed by atoms with van der Waals surface area (Å²) in [6.45, 7) is 6.85. The van der Waals surface area contributed by atoms with Gasteiger partial charge in [0.1, 0.15) is 0 Å². The quantitative estimate of drug-likeness (QED) is 0.678. The molecule has 8 nitrogen and oxygen atoms in total. The normalized spacial score (nSPS) is 14.3. The Balaban J connectivity index is 1.60. The number of carbonyl (C=O) groups excluding carboxylic acids is 1. The zero-order valence-corrected chi connectivity index (χ0v) is 16.4. The number of benzene rings is 1. The molecule has 0 spiro atoms. The van der Waals surface area contributed by atoms with Crippen LogP contribution in [0, 0.1) is 0 Å². The Labute approximate surface area is 164 Å². The summed E-state index contributed by atoms with van der Waals surface area (Å²) >= 11 is 0. The van der Waals surface area contributed by atoms with Gasteiger partial charge in [-0.3, -0.25) is 10.1 Å². The molecule has 1 aromatic heterocycles. The molecular weight excluding hydrogens is 358 g/mol. The number of H-pyrrole nitrogens is 1. The molecule has 0 radical (unpaired) electrons. The number of ether oxygens (including phenoxy) is 2.